The number of thiophene rings is 1. The summed E-state index contributed by atoms with van der Waals surface area (Å²) in [7, 11) is 1.63. The summed E-state index contributed by atoms with van der Waals surface area (Å²) >= 11 is 1.34. The molecule has 1 aromatic heterocycles. The lowest BCUT2D eigenvalue weighted by atomic mass is 9.91. The lowest BCUT2D eigenvalue weighted by molar-refractivity contribution is -0.130. The molecule has 0 unspecified atom stereocenters. The van der Waals surface area contributed by atoms with Gasteiger partial charge >= 0.3 is 12.0 Å². The quantitative estimate of drug-likeness (QED) is 0.748. The molecule has 3 N–H and O–H groups in total. The van der Waals surface area contributed by atoms with Gasteiger partial charge in [-0.15, -0.1) is 11.3 Å². The average Bonchev–Trinajstić information content (AvgIpc) is 3.09. The molecule has 1 aliphatic carbocycles. The molecule has 7 nitrogen and oxygen atoms in total. The van der Waals surface area contributed by atoms with Crippen molar-refractivity contribution in [2.24, 2.45) is 11.7 Å². The van der Waals surface area contributed by atoms with E-state index in [2.05, 4.69) is 0 Å². The van der Waals surface area contributed by atoms with Crippen molar-refractivity contribution >= 4 is 29.2 Å². The number of fused-ring (bicyclic) bond motifs is 3. The molecule has 0 radical (unpaired) electrons. The largest absolute Gasteiger partial charge is 0.497 e. The molecular weight excluding hydrogens is 380 g/mol. The molecule has 148 valence electrons. The van der Waals surface area contributed by atoms with E-state index in [0.717, 1.165) is 34.6 Å². The molecule has 0 saturated heterocycles. The van der Waals surface area contributed by atoms with Crippen LogP contribution in [0.5, 0.6) is 5.75 Å². The van der Waals surface area contributed by atoms with Crippen molar-refractivity contribution in [3.63, 3.8) is 0 Å². The molecule has 0 saturated carbocycles. The number of nitrogens with one attached hydrogen (secondary N) is 1. The van der Waals surface area contributed by atoms with Gasteiger partial charge in [0.1, 0.15) is 10.6 Å². The van der Waals surface area contributed by atoms with E-state index in [0.29, 0.717) is 4.88 Å². The molecule has 1 aromatic carbocycles. The highest BCUT2D eigenvalue weighted by Crippen LogP contribution is 2.41. The second-order valence-electron chi connectivity index (χ2n) is 6.91. The Bertz CT molecular complexity index is 935. The maximum Gasteiger partial charge on any atom is 0.349 e. The number of carbonyl (C=O) groups excluding carboxylic acids is 3. The van der Waals surface area contributed by atoms with Crippen LogP contribution in [-0.2, 0) is 22.4 Å². The van der Waals surface area contributed by atoms with E-state index >= 15 is 0 Å². The van der Waals surface area contributed by atoms with Gasteiger partial charge in [-0.2, -0.15) is 0 Å². The second-order valence-corrected chi connectivity index (χ2v) is 7.96. The Balaban J connectivity index is 1.83. The molecule has 3 amide bonds. The number of hydrogen-bond donors (Lipinski definition) is 2. The summed E-state index contributed by atoms with van der Waals surface area (Å²) in [5, 5.41) is 1.97. The van der Waals surface area contributed by atoms with E-state index in [1.807, 2.05) is 29.6 Å². The highest BCUT2D eigenvalue weighted by atomic mass is 32.1. The van der Waals surface area contributed by atoms with Crippen LogP contribution in [0.4, 0.5) is 4.79 Å². The number of amides is 3. The van der Waals surface area contributed by atoms with Gasteiger partial charge in [0.2, 0.25) is 0 Å². The predicted molar refractivity (Wildman–Crippen MR) is 105 cm³/mol. The number of rotatable bonds is 5. The molecule has 0 spiro atoms. The predicted octanol–water partition coefficient (Wildman–Crippen LogP) is 2.90. The molecule has 28 heavy (non-hydrogen) atoms. The van der Waals surface area contributed by atoms with Gasteiger partial charge in [0, 0.05) is 4.88 Å². The highest BCUT2D eigenvalue weighted by Gasteiger charge is 2.30. The first-order valence-electron chi connectivity index (χ1n) is 8.91. The minimum atomic E-state index is -1.10. The van der Waals surface area contributed by atoms with Crippen molar-refractivity contribution in [3.8, 4) is 16.2 Å². The first-order chi connectivity index (χ1) is 13.3. The van der Waals surface area contributed by atoms with Gasteiger partial charge in [-0.1, -0.05) is 13.8 Å². The second kappa shape index (κ2) is 8.02. The van der Waals surface area contributed by atoms with Crippen molar-refractivity contribution in [2.75, 3.05) is 7.11 Å². The number of primary amides is 1. The van der Waals surface area contributed by atoms with E-state index < -0.39 is 24.0 Å². The monoisotopic (exact) mass is 402 g/mol. The van der Waals surface area contributed by atoms with Crippen LogP contribution in [0.1, 0.15) is 34.6 Å². The Labute approximate surface area is 166 Å². The number of imide groups is 1. The Morgan fingerprint density at radius 1 is 1.14 bits per heavy atom. The van der Waals surface area contributed by atoms with E-state index in [-0.39, 0.29) is 5.92 Å². The summed E-state index contributed by atoms with van der Waals surface area (Å²) in [6.45, 7) is 3.45. The summed E-state index contributed by atoms with van der Waals surface area (Å²) in [6.07, 6.45) is 0.575. The number of aryl methyl sites for hydroxylation is 2. The third kappa shape index (κ3) is 4.01. The molecule has 1 atom stereocenters. The summed E-state index contributed by atoms with van der Waals surface area (Å²) in [5.41, 5.74) is 8.32. The highest BCUT2D eigenvalue weighted by molar-refractivity contribution is 7.17. The summed E-state index contributed by atoms with van der Waals surface area (Å²) in [6, 6.07) is 6.74. The maximum atomic E-state index is 12.7. The minimum Gasteiger partial charge on any atom is -0.497 e. The molecule has 0 fully saturated rings. The molecule has 1 aliphatic rings. The first-order valence-corrected chi connectivity index (χ1v) is 9.73. The zero-order valence-corrected chi connectivity index (χ0v) is 16.7. The molecule has 0 aliphatic heterocycles. The number of hydrogen-bond acceptors (Lipinski definition) is 6. The van der Waals surface area contributed by atoms with E-state index in [9.17, 15) is 14.4 Å². The van der Waals surface area contributed by atoms with Crippen molar-refractivity contribution < 1.29 is 23.9 Å². The Kier molecular flexibility index (Phi) is 5.69. The van der Waals surface area contributed by atoms with Crippen molar-refractivity contribution in [2.45, 2.75) is 32.8 Å². The minimum absolute atomic E-state index is 0.314. The van der Waals surface area contributed by atoms with Crippen LogP contribution < -0.4 is 15.8 Å². The fourth-order valence-corrected chi connectivity index (χ4v) is 4.35. The number of ether oxygens (including phenoxy) is 2. The molecule has 0 bridgehead atoms. The van der Waals surface area contributed by atoms with Crippen molar-refractivity contribution in [1.82, 2.24) is 5.32 Å². The summed E-state index contributed by atoms with van der Waals surface area (Å²) in [4.78, 5) is 37.1. The van der Waals surface area contributed by atoms with Crippen LogP contribution in [0, 0.1) is 5.92 Å². The van der Waals surface area contributed by atoms with Crippen LogP contribution in [0.2, 0.25) is 0 Å². The number of benzene rings is 1. The van der Waals surface area contributed by atoms with Crippen LogP contribution in [-0.4, -0.2) is 31.1 Å². The van der Waals surface area contributed by atoms with Gasteiger partial charge in [-0.3, -0.25) is 10.1 Å². The van der Waals surface area contributed by atoms with Crippen molar-refractivity contribution in [3.05, 3.63) is 40.3 Å². The number of carbonyl (C=O) groups is 3. The lowest BCUT2D eigenvalue weighted by Gasteiger charge is -2.19. The number of urea groups is 1. The smallest absolute Gasteiger partial charge is 0.349 e. The van der Waals surface area contributed by atoms with E-state index in [1.165, 1.54) is 16.9 Å². The first kappa shape index (κ1) is 19.9. The topological polar surface area (TPSA) is 108 Å². The molecule has 1 heterocycles. The molecule has 3 rings (SSSR count). The standard InChI is InChI=1S/C20H22N2O5S/c1-10(2)16(18(23)22-20(21)25)27-19(24)15-9-12-5-4-11-8-13(26-3)6-7-14(11)17(12)28-15/h6-10,16H,4-5H2,1-3H3,(H3,21,22,23,25)/t16-/m0/s1. The zero-order chi connectivity index (χ0) is 20.4. The number of esters is 1. The van der Waals surface area contributed by atoms with Crippen LogP contribution in [0.3, 0.4) is 0 Å². The van der Waals surface area contributed by atoms with Crippen LogP contribution >= 0.6 is 11.3 Å². The normalized spacial score (nSPS) is 13.3. The van der Waals surface area contributed by atoms with E-state index in [4.69, 9.17) is 15.2 Å². The van der Waals surface area contributed by atoms with E-state index in [1.54, 1.807) is 21.0 Å². The summed E-state index contributed by atoms with van der Waals surface area (Å²) < 4.78 is 10.7. The molecule has 8 heteroatoms. The third-order valence-electron chi connectivity index (χ3n) is 4.58. The van der Waals surface area contributed by atoms with Gasteiger partial charge in [-0.25, -0.2) is 9.59 Å². The van der Waals surface area contributed by atoms with Gasteiger partial charge in [0.05, 0.1) is 7.11 Å². The zero-order valence-electron chi connectivity index (χ0n) is 15.9. The Morgan fingerprint density at radius 3 is 2.50 bits per heavy atom. The van der Waals surface area contributed by atoms with Gasteiger partial charge in [0.15, 0.2) is 6.10 Å². The average molecular weight is 402 g/mol. The number of nitrogens with two attached hydrogens (primary N) is 1. The Hall–Kier alpha value is -2.87. The lowest BCUT2D eigenvalue weighted by Crippen LogP contribution is -2.45. The maximum absolute atomic E-state index is 12.7. The molecular formula is C20H22N2O5S. The molecule has 2 aromatic rings. The van der Waals surface area contributed by atoms with Crippen LogP contribution in [0.25, 0.3) is 10.4 Å². The fourth-order valence-electron chi connectivity index (χ4n) is 3.20. The van der Waals surface area contributed by atoms with Crippen molar-refractivity contribution in [1.29, 1.82) is 0 Å². The van der Waals surface area contributed by atoms with Crippen LogP contribution in [0.15, 0.2) is 24.3 Å². The SMILES string of the molecule is COc1ccc2c(c1)CCc1cc(C(=O)O[C@H](C(=O)NC(N)=O)C(C)C)sc1-2. The fraction of sp³-hybridized carbons (Fsp3) is 0.350. The number of methoxy groups -OCH3 is 1. The summed E-state index contributed by atoms with van der Waals surface area (Å²) in [5.74, 6) is -0.827. The van der Waals surface area contributed by atoms with Gasteiger partial charge < -0.3 is 15.2 Å². The Morgan fingerprint density at radius 2 is 1.86 bits per heavy atom. The van der Waals surface area contributed by atoms with Gasteiger partial charge in [0.25, 0.3) is 5.91 Å². The van der Waals surface area contributed by atoms with Gasteiger partial charge in [-0.05, 0) is 59.7 Å². The third-order valence-corrected chi connectivity index (χ3v) is 5.77.